The van der Waals surface area contributed by atoms with Gasteiger partial charge in [-0.1, -0.05) is 0 Å². The maximum absolute atomic E-state index is 12.2. The van der Waals surface area contributed by atoms with Crippen molar-refractivity contribution in [2.45, 2.75) is 32.4 Å². The fraction of sp³-hybridized carbons (Fsp3) is 0.538. The summed E-state index contributed by atoms with van der Waals surface area (Å²) in [6.07, 6.45) is 4.13. The van der Waals surface area contributed by atoms with Gasteiger partial charge >= 0.3 is 5.97 Å². The molecule has 112 valence electrons. The lowest BCUT2D eigenvalue weighted by atomic mass is 10.2. The minimum Gasteiger partial charge on any atom is -0.480 e. The molecular weight excluding hydrogens is 344 g/mol. The van der Waals surface area contributed by atoms with E-state index in [0.717, 1.165) is 4.47 Å². The van der Waals surface area contributed by atoms with E-state index in [9.17, 15) is 9.59 Å². The Balaban J connectivity index is 2.86. The van der Waals surface area contributed by atoms with Crippen molar-refractivity contribution in [3.63, 3.8) is 0 Å². The molecule has 0 bridgehead atoms. The molecule has 20 heavy (non-hydrogen) atoms. The maximum atomic E-state index is 12.2. The molecule has 1 aromatic rings. The van der Waals surface area contributed by atoms with E-state index in [1.54, 1.807) is 17.8 Å². The van der Waals surface area contributed by atoms with Gasteiger partial charge in [0.2, 0.25) is 0 Å². The number of carboxylic acid groups (broad SMARTS) is 1. The van der Waals surface area contributed by atoms with Gasteiger partial charge in [0.15, 0.2) is 0 Å². The number of carboxylic acids is 1. The lowest BCUT2D eigenvalue weighted by Crippen LogP contribution is -2.41. The Bertz CT molecular complexity index is 488. The van der Waals surface area contributed by atoms with Gasteiger partial charge in [-0.25, -0.2) is 4.79 Å². The van der Waals surface area contributed by atoms with E-state index in [2.05, 4.69) is 21.2 Å². The number of nitrogens with one attached hydrogen (secondary N) is 1. The van der Waals surface area contributed by atoms with Gasteiger partial charge in [-0.05, 0) is 54.3 Å². The lowest BCUT2D eigenvalue weighted by molar-refractivity contribution is -0.139. The van der Waals surface area contributed by atoms with Crippen LogP contribution in [0.3, 0.4) is 0 Å². The molecule has 0 saturated carbocycles. The second kappa shape index (κ2) is 7.73. The molecule has 1 amide bonds. The lowest BCUT2D eigenvalue weighted by Gasteiger charge is -2.16. The molecule has 0 radical (unpaired) electrons. The number of aliphatic carboxylic acids is 1. The Hall–Kier alpha value is -0.950. The topological polar surface area (TPSA) is 71.3 Å². The highest BCUT2D eigenvalue weighted by Gasteiger charge is 2.22. The van der Waals surface area contributed by atoms with Gasteiger partial charge in [-0.2, -0.15) is 11.8 Å². The first-order valence-corrected chi connectivity index (χ1v) is 8.45. The summed E-state index contributed by atoms with van der Waals surface area (Å²) in [7, 11) is 0. The van der Waals surface area contributed by atoms with Gasteiger partial charge in [-0.15, -0.1) is 0 Å². The molecule has 0 aliphatic carbocycles. The standard InChI is InChI=1S/C13H19BrN2O3S/c1-8(2)16-7-9(14)6-11(16)12(17)15-10(13(18)19)4-5-20-3/h6-8,10H,4-5H2,1-3H3,(H,15,17)(H,18,19)/t10-/m1/s1. The van der Waals surface area contributed by atoms with Crippen LogP contribution in [0.25, 0.3) is 0 Å². The molecular formula is C13H19BrN2O3S. The van der Waals surface area contributed by atoms with E-state index in [0.29, 0.717) is 17.9 Å². The van der Waals surface area contributed by atoms with Crippen molar-refractivity contribution in [3.05, 3.63) is 22.4 Å². The normalized spacial score (nSPS) is 12.4. The fourth-order valence-electron chi connectivity index (χ4n) is 1.78. The maximum Gasteiger partial charge on any atom is 0.326 e. The Morgan fingerprint density at radius 2 is 2.15 bits per heavy atom. The van der Waals surface area contributed by atoms with Crippen molar-refractivity contribution >= 4 is 39.6 Å². The molecule has 1 rings (SSSR count). The van der Waals surface area contributed by atoms with E-state index in [-0.39, 0.29) is 11.9 Å². The van der Waals surface area contributed by atoms with Crippen molar-refractivity contribution in [2.75, 3.05) is 12.0 Å². The summed E-state index contributed by atoms with van der Waals surface area (Å²) in [5.74, 6) is -0.682. The first-order valence-electron chi connectivity index (χ1n) is 6.26. The molecule has 1 atom stereocenters. The van der Waals surface area contributed by atoms with Gasteiger partial charge in [0.05, 0.1) is 0 Å². The van der Waals surface area contributed by atoms with Crippen LogP contribution in [0.1, 0.15) is 36.8 Å². The molecule has 0 aliphatic heterocycles. The average Bonchev–Trinajstić information content (AvgIpc) is 2.76. The molecule has 0 unspecified atom stereocenters. The summed E-state index contributed by atoms with van der Waals surface area (Å²) in [6, 6.07) is 0.962. The Morgan fingerprint density at radius 1 is 1.50 bits per heavy atom. The number of halogens is 1. The van der Waals surface area contributed by atoms with Gasteiger partial charge in [0.25, 0.3) is 5.91 Å². The highest BCUT2D eigenvalue weighted by molar-refractivity contribution is 9.10. The van der Waals surface area contributed by atoms with Gasteiger partial charge in [0.1, 0.15) is 11.7 Å². The van der Waals surface area contributed by atoms with Gasteiger partial charge in [-0.3, -0.25) is 4.79 Å². The van der Waals surface area contributed by atoms with Crippen LogP contribution in [-0.2, 0) is 4.79 Å². The molecule has 0 aromatic carbocycles. The van der Waals surface area contributed by atoms with Gasteiger partial charge < -0.3 is 15.0 Å². The van der Waals surface area contributed by atoms with Crippen molar-refractivity contribution in [1.29, 1.82) is 0 Å². The highest BCUT2D eigenvalue weighted by Crippen LogP contribution is 2.19. The van der Waals surface area contributed by atoms with Crippen LogP contribution in [0.15, 0.2) is 16.7 Å². The van der Waals surface area contributed by atoms with E-state index < -0.39 is 12.0 Å². The molecule has 7 heteroatoms. The number of thioether (sulfide) groups is 1. The van der Waals surface area contributed by atoms with Crippen molar-refractivity contribution in [3.8, 4) is 0 Å². The van der Waals surface area contributed by atoms with E-state index in [4.69, 9.17) is 5.11 Å². The zero-order chi connectivity index (χ0) is 15.3. The molecule has 1 heterocycles. The zero-order valence-electron chi connectivity index (χ0n) is 11.7. The third-order valence-corrected chi connectivity index (χ3v) is 3.90. The third-order valence-electron chi connectivity index (χ3n) is 2.82. The molecule has 2 N–H and O–H groups in total. The summed E-state index contributed by atoms with van der Waals surface area (Å²) >= 11 is 4.89. The summed E-state index contributed by atoms with van der Waals surface area (Å²) in [4.78, 5) is 23.4. The van der Waals surface area contributed by atoms with Crippen molar-refractivity contribution in [1.82, 2.24) is 9.88 Å². The Kier molecular flexibility index (Phi) is 6.61. The smallest absolute Gasteiger partial charge is 0.326 e. The van der Waals surface area contributed by atoms with Crippen LogP contribution >= 0.6 is 27.7 Å². The summed E-state index contributed by atoms with van der Waals surface area (Å²) < 4.78 is 2.61. The SMILES string of the molecule is CSCC[C@@H](NC(=O)c1cc(Br)cn1C(C)C)C(=O)O. The number of rotatable bonds is 7. The van der Waals surface area contributed by atoms with Crippen LogP contribution in [0.4, 0.5) is 0 Å². The molecule has 1 aromatic heterocycles. The fourth-order valence-corrected chi connectivity index (χ4v) is 2.69. The number of carbonyl (C=O) groups excluding carboxylic acids is 1. The van der Waals surface area contributed by atoms with Crippen LogP contribution < -0.4 is 5.32 Å². The average molecular weight is 363 g/mol. The number of amides is 1. The minimum atomic E-state index is -1.01. The number of carbonyl (C=O) groups is 2. The predicted molar refractivity (Wildman–Crippen MR) is 84.4 cm³/mol. The monoisotopic (exact) mass is 362 g/mol. The third kappa shape index (κ3) is 4.56. The van der Waals surface area contributed by atoms with Crippen molar-refractivity contribution < 1.29 is 14.7 Å². The van der Waals surface area contributed by atoms with Crippen LogP contribution in [-0.4, -0.2) is 39.6 Å². The second-order valence-corrected chi connectivity index (χ2v) is 6.59. The summed E-state index contributed by atoms with van der Waals surface area (Å²) in [5, 5.41) is 11.7. The van der Waals surface area contributed by atoms with E-state index in [1.807, 2.05) is 30.9 Å². The zero-order valence-corrected chi connectivity index (χ0v) is 14.1. The first kappa shape index (κ1) is 17.1. The molecule has 0 fully saturated rings. The number of hydrogen-bond acceptors (Lipinski definition) is 3. The highest BCUT2D eigenvalue weighted by atomic mass is 79.9. The number of hydrogen-bond donors (Lipinski definition) is 2. The molecule has 5 nitrogen and oxygen atoms in total. The quantitative estimate of drug-likeness (QED) is 0.782. The Labute approximate surface area is 131 Å². The molecule has 0 saturated heterocycles. The largest absolute Gasteiger partial charge is 0.480 e. The number of aromatic nitrogens is 1. The summed E-state index contributed by atoms with van der Waals surface area (Å²) in [5.41, 5.74) is 0.460. The van der Waals surface area contributed by atoms with E-state index >= 15 is 0 Å². The van der Waals surface area contributed by atoms with Crippen LogP contribution in [0, 0.1) is 0 Å². The molecule has 0 spiro atoms. The molecule has 0 aliphatic rings. The van der Waals surface area contributed by atoms with Crippen LogP contribution in [0.2, 0.25) is 0 Å². The predicted octanol–water partition coefficient (Wildman–Crippen LogP) is 2.77. The van der Waals surface area contributed by atoms with Gasteiger partial charge in [0, 0.05) is 16.7 Å². The van der Waals surface area contributed by atoms with Crippen molar-refractivity contribution in [2.24, 2.45) is 0 Å². The second-order valence-electron chi connectivity index (χ2n) is 4.69. The van der Waals surface area contributed by atoms with Crippen LogP contribution in [0.5, 0.6) is 0 Å². The minimum absolute atomic E-state index is 0.122. The summed E-state index contributed by atoms with van der Waals surface area (Å²) in [6.45, 7) is 3.93. The van der Waals surface area contributed by atoms with E-state index in [1.165, 1.54) is 0 Å². The Morgan fingerprint density at radius 3 is 2.65 bits per heavy atom. The number of nitrogens with zero attached hydrogens (tertiary/aromatic N) is 1. The first-order chi connectivity index (χ1) is 9.36.